The summed E-state index contributed by atoms with van der Waals surface area (Å²) in [6.07, 6.45) is 2.79. The highest BCUT2D eigenvalue weighted by Gasteiger charge is 2.13. The molecule has 1 N–H and O–H groups in total. The monoisotopic (exact) mass is 284 g/mol. The second kappa shape index (κ2) is 7.74. The molecule has 19 heavy (non-hydrogen) atoms. The summed E-state index contributed by atoms with van der Waals surface area (Å²) in [5.41, 5.74) is 0.957. The van der Waals surface area contributed by atoms with Gasteiger partial charge >= 0.3 is 0 Å². The summed E-state index contributed by atoms with van der Waals surface area (Å²) in [4.78, 5) is 22.0. The summed E-state index contributed by atoms with van der Waals surface area (Å²) in [5, 5.41) is 13.5. The average molecular weight is 285 g/mol. The van der Waals surface area contributed by atoms with Crippen molar-refractivity contribution in [2.24, 2.45) is 0 Å². The van der Waals surface area contributed by atoms with Gasteiger partial charge in [0, 0.05) is 29.6 Å². The number of halogens is 1. The minimum Gasteiger partial charge on any atom is -0.352 e. The number of carbonyl (C=O) groups excluding carboxylic acids is 1. The molecule has 0 aliphatic carbocycles. The van der Waals surface area contributed by atoms with Gasteiger partial charge in [-0.15, -0.1) is 11.6 Å². The molecule has 0 aromatic heterocycles. The normalized spacial score (nSPS) is 10.2. The molecule has 0 heterocycles. The Morgan fingerprint density at radius 1 is 1.37 bits per heavy atom. The van der Waals surface area contributed by atoms with E-state index in [1.807, 2.05) is 0 Å². The predicted molar refractivity (Wildman–Crippen MR) is 74.7 cm³/mol. The van der Waals surface area contributed by atoms with E-state index in [9.17, 15) is 14.9 Å². The van der Waals surface area contributed by atoms with Gasteiger partial charge in [0.15, 0.2) is 0 Å². The Labute approximate surface area is 117 Å². The standard InChI is InChI=1S/C13H17ClN2O3/c1-10-9-11(5-6-12(10)16(18)19)13(17)15-8-4-2-3-7-14/h5-6,9H,2-4,7-8H2,1H3,(H,15,17). The Morgan fingerprint density at radius 2 is 2.11 bits per heavy atom. The fourth-order valence-corrected chi connectivity index (χ4v) is 1.89. The van der Waals surface area contributed by atoms with Crippen LogP contribution in [-0.2, 0) is 0 Å². The fourth-order valence-electron chi connectivity index (χ4n) is 1.70. The van der Waals surface area contributed by atoms with E-state index in [1.54, 1.807) is 6.92 Å². The molecule has 0 aliphatic heterocycles. The number of nitro benzene ring substituents is 1. The van der Waals surface area contributed by atoms with Crippen molar-refractivity contribution in [1.29, 1.82) is 0 Å². The van der Waals surface area contributed by atoms with Gasteiger partial charge in [-0.3, -0.25) is 14.9 Å². The highest BCUT2D eigenvalue weighted by atomic mass is 35.5. The van der Waals surface area contributed by atoms with Crippen molar-refractivity contribution < 1.29 is 9.72 Å². The third kappa shape index (κ3) is 4.87. The van der Waals surface area contributed by atoms with Gasteiger partial charge in [-0.1, -0.05) is 6.42 Å². The number of unbranched alkanes of at least 4 members (excludes halogenated alkanes) is 2. The number of carbonyl (C=O) groups is 1. The number of benzene rings is 1. The number of rotatable bonds is 7. The number of nitrogens with one attached hydrogen (secondary N) is 1. The minimum absolute atomic E-state index is 0.0265. The highest BCUT2D eigenvalue weighted by Crippen LogP contribution is 2.18. The average Bonchev–Trinajstić information content (AvgIpc) is 2.37. The topological polar surface area (TPSA) is 72.2 Å². The molecule has 0 bridgehead atoms. The first-order valence-electron chi connectivity index (χ1n) is 6.15. The van der Waals surface area contributed by atoms with Gasteiger partial charge in [-0.2, -0.15) is 0 Å². The molecule has 0 unspecified atom stereocenters. The Morgan fingerprint density at radius 3 is 2.68 bits per heavy atom. The first kappa shape index (κ1) is 15.4. The summed E-state index contributed by atoms with van der Waals surface area (Å²) >= 11 is 5.55. The number of alkyl halides is 1. The van der Waals surface area contributed by atoms with Crippen LogP contribution in [0.5, 0.6) is 0 Å². The van der Waals surface area contributed by atoms with Gasteiger partial charge in [-0.05, 0) is 31.9 Å². The summed E-state index contributed by atoms with van der Waals surface area (Å²) in [5.74, 6) is 0.430. The summed E-state index contributed by atoms with van der Waals surface area (Å²) in [7, 11) is 0. The van der Waals surface area contributed by atoms with Crippen molar-refractivity contribution in [3.63, 3.8) is 0 Å². The number of amides is 1. The number of nitro groups is 1. The third-order valence-corrected chi connectivity index (χ3v) is 3.02. The lowest BCUT2D eigenvalue weighted by Gasteiger charge is -2.06. The van der Waals surface area contributed by atoms with Gasteiger partial charge in [-0.25, -0.2) is 0 Å². The molecule has 0 atom stereocenters. The maximum Gasteiger partial charge on any atom is 0.272 e. The molecule has 6 heteroatoms. The molecule has 1 aromatic carbocycles. The summed E-state index contributed by atoms with van der Waals surface area (Å²) in [6.45, 7) is 2.21. The molecular weight excluding hydrogens is 268 g/mol. The van der Waals surface area contributed by atoms with Crippen LogP contribution in [0, 0.1) is 17.0 Å². The van der Waals surface area contributed by atoms with Crippen molar-refractivity contribution >= 4 is 23.2 Å². The molecule has 0 saturated heterocycles. The van der Waals surface area contributed by atoms with Gasteiger partial charge in [0.05, 0.1) is 4.92 Å². The molecule has 0 fully saturated rings. The van der Waals surface area contributed by atoms with Crippen molar-refractivity contribution in [3.05, 3.63) is 39.4 Å². The Bertz CT molecular complexity index is 463. The van der Waals surface area contributed by atoms with Crippen LogP contribution >= 0.6 is 11.6 Å². The molecule has 1 aromatic rings. The van der Waals surface area contributed by atoms with Crippen LogP contribution in [0.15, 0.2) is 18.2 Å². The van der Waals surface area contributed by atoms with E-state index in [-0.39, 0.29) is 11.6 Å². The molecule has 0 saturated carbocycles. The minimum atomic E-state index is -0.455. The lowest BCUT2D eigenvalue weighted by atomic mass is 10.1. The molecule has 1 rings (SSSR count). The molecule has 5 nitrogen and oxygen atoms in total. The Kier molecular flexibility index (Phi) is 6.29. The van der Waals surface area contributed by atoms with Crippen LogP contribution in [0.2, 0.25) is 0 Å². The number of hydrogen-bond donors (Lipinski definition) is 1. The molecule has 0 spiro atoms. The Balaban J connectivity index is 2.53. The maximum absolute atomic E-state index is 11.8. The van der Waals surface area contributed by atoms with Crippen LogP contribution in [0.3, 0.4) is 0 Å². The third-order valence-electron chi connectivity index (χ3n) is 2.75. The maximum atomic E-state index is 11.8. The lowest BCUT2D eigenvalue weighted by molar-refractivity contribution is -0.385. The first-order chi connectivity index (χ1) is 9.06. The zero-order chi connectivity index (χ0) is 14.3. The van der Waals surface area contributed by atoms with Crippen molar-refractivity contribution in [1.82, 2.24) is 5.32 Å². The van der Waals surface area contributed by atoms with E-state index < -0.39 is 4.92 Å². The van der Waals surface area contributed by atoms with E-state index in [0.717, 1.165) is 19.3 Å². The molecule has 104 valence electrons. The van der Waals surface area contributed by atoms with E-state index in [1.165, 1.54) is 18.2 Å². The van der Waals surface area contributed by atoms with Crippen LogP contribution in [0.1, 0.15) is 35.2 Å². The van der Waals surface area contributed by atoms with Crippen LogP contribution in [0.25, 0.3) is 0 Å². The highest BCUT2D eigenvalue weighted by molar-refractivity contribution is 6.17. The zero-order valence-electron chi connectivity index (χ0n) is 10.8. The molecule has 0 aliphatic rings. The first-order valence-corrected chi connectivity index (χ1v) is 6.69. The van der Waals surface area contributed by atoms with Crippen molar-refractivity contribution in [2.75, 3.05) is 12.4 Å². The molecule has 0 radical (unpaired) electrons. The predicted octanol–water partition coefficient (Wildman–Crippen LogP) is 3.04. The van der Waals surface area contributed by atoms with Crippen LogP contribution < -0.4 is 5.32 Å². The van der Waals surface area contributed by atoms with Crippen LogP contribution in [-0.4, -0.2) is 23.3 Å². The largest absolute Gasteiger partial charge is 0.352 e. The fraction of sp³-hybridized carbons (Fsp3) is 0.462. The summed E-state index contributed by atoms with van der Waals surface area (Å²) < 4.78 is 0. The van der Waals surface area contributed by atoms with E-state index >= 15 is 0 Å². The molecular formula is C13H17ClN2O3. The van der Waals surface area contributed by atoms with Gasteiger partial charge < -0.3 is 5.32 Å². The number of aryl methyl sites for hydroxylation is 1. The van der Waals surface area contributed by atoms with Crippen molar-refractivity contribution in [2.45, 2.75) is 26.2 Å². The van der Waals surface area contributed by atoms with Gasteiger partial charge in [0.1, 0.15) is 0 Å². The van der Waals surface area contributed by atoms with E-state index in [2.05, 4.69) is 5.32 Å². The second-order valence-corrected chi connectivity index (χ2v) is 4.64. The van der Waals surface area contributed by atoms with Crippen LogP contribution in [0.4, 0.5) is 5.69 Å². The van der Waals surface area contributed by atoms with E-state index in [0.29, 0.717) is 23.6 Å². The number of hydrogen-bond acceptors (Lipinski definition) is 3. The lowest BCUT2D eigenvalue weighted by Crippen LogP contribution is -2.24. The summed E-state index contributed by atoms with van der Waals surface area (Å²) in [6, 6.07) is 4.36. The second-order valence-electron chi connectivity index (χ2n) is 4.26. The SMILES string of the molecule is Cc1cc(C(=O)NCCCCCCl)ccc1[N+](=O)[O-]. The van der Waals surface area contributed by atoms with Gasteiger partial charge in [0.25, 0.3) is 11.6 Å². The Hall–Kier alpha value is -1.62. The van der Waals surface area contributed by atoms with Crippen molar-refractivity contribution in [3.8, 4) is 0 Å². The smallest absolute Gasteiger partial charge is 0.272 e. The van der Waals surface area contributed by atoms with E-state index in [4.69, 9.17) is 11.6 Å². The van der Waals surface area contributed by atoms with Gasteiger partial charge in [0.2, 0.25) is 0 Å². The quantitative estimate of drug-likeness (QED) is 0.362. The molecule has 1 amide bonds. The number of nitrogens with zero attached hydrogens (tertiary/aromatic N) is 1. The zero-order valence-corrected chi connectivity index (χ0v) is 11.6.